The van der Waals surface area contributed by atoms with Crippen LogP contribution < -0.4 is 10.1 Å². The molecule has 2 rings (SSSR count). The van der Waals surface area contributed by atoms with Crippen LogP contribution in [-0.4, -0.2) is 26.4 Å². The second kappa shape index (κ2) is 7.09. The van der Waals surface area contributed by atoms with E-state index in [-0.39, 0.29) is 11.6 Å². The molecule has 1 aliphatic carbocycles. The number of benzene rings is 1. The third-order valence-corrected chi connectivity index (χ3v) is 4.40. The fourth-order valence-corrected chi connectivity index (χ4v) is 3.48. The Kier molecular flexibility index (Phi) is 5.44. The highest BCUT2D eigenvalue weighted by Gasteiger charge is 2.40. The predicted molar refractivity (Wildman–Crippen MR) is 82.2 cm³/mol. The molecule has 1 saturated carbocycles. The Hall–Kier alpha value is -1.06. The van der Waals surface area contributed by atoms with E-state index >= 15 is 0 Å². The second-order valence-electron chi connectivity index (χ2n) is 5.55. The molecule has 1 fully saturated rings. The zero-order chi connectivity index (χ0) is 14.4. The van der Waals surface area contributed by atoms with Gasteiger partial charge in [0, 0.05) is 6.61 Å². The minimum absolute atomic E-state index is 0.0592. The van der Waals surface area contributed by atoms with Crippen LogP contribution in [0.15, 0.2) is 24.3 Å². The molecule has 1 aromatic rings. The third-order valence-electron chi connectivity index (χ3n) is 4.40. The van der Waals surface area contributed by atoms with Gasteiger partial charge < -0.3 is 14.8 Å². The molecule has 0 spiro atoms. The highest BCUT2D eigenvalue weighted by atomic mass is 16.5. The number of likely N-dealkylation sites (N-methyl/N-ethyl adjacent to an activating group) is 1. The van der Waals surface area contributed by atoms with E-state index in [0.29, 0.717) is 0 Å². The minimum atomic E-state index is -0.0592. The largest absolute Gasteiger partial charge is 0.497 e. The Morgan fingerprint density at radius 3 is 2.30 bits per heavy atom. The van der Waals surface area contributed by atoms with Crippen LogP contribution in [0.4, 0.5) is 0 Å². The van der Waals surface area contributed by atoms with Crippen LogP contribution in [0.5, 0.6) is 5.75 Å². The van der Waals surface area contributed by atoms with Crippen molar-refractivity contribution in [1.82, 2.24) is 5.32 Å². The lowest BCUT2D eigenvalue weighted by molar-refractivity contribution is -0.0898. The molecule has 0 heterocycles. The molecule has 3 heteroatoms. The summed E-state index contributed by atoms with van der Waals surface area (Å²) in [5, 5.41) is 3.49. The molecule has 20 heavy (non-hydrogen) atoms. The highest BCUT2D eigenvalue weighted by Crippen LogP contribution is 2.41. The maximum Gasteiger partial charge on any atom is 0.118 e. The van der Waals surface area contributed by atoms with E-state index in [2.05, 4.69) is 24.4 Å². The van der Waals surface area contributed by atoms with E-state index in [1.54, 1.807) is 7.11 Å². The average Bonchev–Trinajstić information content (AvgIpc) is 2.50. The molecule has 1 aliphatic rings. The van der Waals surface area contributed by atoms with E-state index in [1.165, 1.54) is 24.8 Å². The van der Waals surface area contributed by atoms with Gasteiger partial charge in [0.05, 0.1) is 18.8 Å². The van der Waals surface area contributed by atoms with E-state index in [9.17, 15) is 0 Å². The smallest absolute Gasteiger partial charge is 0.118 e. The second-order valence-corrected chi connectivity index (χ2v) is 5.55. The van der Waals surface area contributed by atoms with Gasteiger partial charge in [-0.1, -0.05) is 31.4 Å². The number of nitrogens with one attached hydrogen (secondary N) is 1. The van der Waals surface area contributed by atoms with Gasteiger partial charge in [-0.05, 0) is 44.5 Å². The first-order chi connectivity index (χ1) is 9.75. The number of hydrogen-bond acceptors (Lipinski definition) is 3. The van der Waals surface area contributed by atoms with Crippen LogP contribution in [0.1, 0.15) is 50.6 Å². The van der Waals surface area contributed by atoms with Crippen molar-refractivity contribution in [1.29, 1.82) is 0 Å². The van der Waals surface area contributed by atoms with Gasteiger partial charge >= 0.3 is 0 Å². The molecule has 1 atom stereocenters. The van der Waals surface area contributed by atoms with Crippen LogP contribution in [0, 0.1) is 0 Å². The van der Waals surface area contributed by atoms with Gasteiger partial charge in [0.25, 0.3) is 0 Å². The van der Waals surface area contributed by atoms with E-state index in [4.69, 9.17) is 9.47 Å². The Balaban J connectivity index is 2.26. The van der Waals surface area contributed by atoms with Crippen molar-refractivity contribution in [2.45, 2.75) is 50.7 Å². The number of rotatable bonds is 6. The van der Waals surface area contributed by atoms with Crippen molar-refractivity contribution in [3.05, 3.63) is 29.8 Å². The van der Waals surface area contributed by atoms with Crippen LogP contribution in [0.2, 0.25) is 0 Å². The summed E-state index contributed by atoms with van der Waals surface area (Å²) in [6, 6.07) is 8.60. The van der Waals surface area contributed by atoms with Gasteiger partial charge in [-0.2, -0.15) is 0 Å². The molecule has 1 unspecified atom stereocenters. The quantitative estimate of drug-likeness (QED) is 0.860. The standard InChI is InChI=1S/C17H27NO2/c1-4-20-17(12-6-5-7-13-17)16(18-2)14-8-10-15(19-3)11-9-14/h8-11,16,18H,4-7,12-13H2,1-3H3. The maximum absolute atomic E-state index is 6.24. The maximum atomic E-state index is 6.24. The van der Waals surface area contributed by atoms with E-state index < -0.39 is 0 Å². The number of methoxy groups -OCH3 is 1. The van der Waals surface area contributed by atoms with Gasteiger partial charge in [0.15, 0.2) is 0 Å². The van der Waals surface area contributed by atoms with E-state index in [0.717, 1.165) is 25.2 Å². The Morgan fingerprint density at radius 1 is 1.15 bits per heavy atom. The number of hydrogen-bond donors (Lipinski definition) is 1. The normalized spacial score (nSPS) is 19.6. The fraction of sp³-hybridized carbons (Fsp3) is 0.647. The summed E-state index contributed by atoms with van der Waals surface area (Å²) in [6.45, 7) is 2.87. The van der Waals surface area contributed by atoms with Gasteiger partial charge in [0.1, 0.15) is 5.75 Å². The lowest BCUT2D eigenvalue weighted by atomic mass is 9.76. The van der Waals surface area contributed by atoms with E-state index in [1.807, 2.05) is 19.2 Å². The topological polar surface area (TPSA) is 30.5 Å². The summed E-state index contributed by atoms with van der Waals surface area (Å²) >= 11 is 0. The molecule has 1 aromatic carbocycles. The molecular weight excluding hydrogens is 250 g/mol. The summed E-state index contributed by atoms with van der Waals surface area (Å²) in [4.78, 5) is 0. The molecule has 1 N–H and O–H groups in total. The Morgan fingerprint density at radius 2 is 1.80 bits per heavy atom. The van der Waals surface area contributed by atoms with Gasteiger partial charge in [-0.25, -0.2) is 0 Å². The lowest BCUT2D eigenvalue weighted by Gasteiger charge is -2.43. The summed E-state index contributed by atoms with van der Waals surface area (Å²) < 4.78 is 11.5. The Labute approximate surface area is 122 Å². The lowest BCUT2D eigenvalue weighted by Crippen LogP contribution is -2.46. The Bertz CT molecular complexity index is 390. The molecule has 0 aromatic heterocycles. The van der Waals surface area contributed by atoms with Gasteiger partial charge in [0.2, 0.25) is 0 Å². The van der Waals surface area contributed by atoms with Crippen molar-refractivity contribution in [3.63, 3.8) is 0 Å². The molecule has 0 bridgehead atoms. The molecule has 0 radical (unpaired) electrons. The van der Waals surface area contributed by atoms with Crippen LogP contribution in [0.3, 0.4) is 0 Å². The molecular formula is C17H27NO2. The van der Waals surface area contributed by atoms with Crippen LogP contribution >= 0.6 is 0 Å². The molecule has 3 nitrogen and oxygen atoms in total. The zero-order valence-corrected chi connectivity index (χ0v) is 12.9. The summed E-state index contributed by atoms with van der Waals surface area (Å²) in [5.74, 6) is 0.901. The highest BCUT2D eigenvalue weighted by molar-refractivity contribution is 5.31. The monoisotopic (exact) mass is 277 g/mol. The van der Waals surface area contributed by atoms with Crippen molar-refractivity contribution in [2.75, 3.05) is 20.8 Å². The van der Waals surface area contributed by atoms with Gasteiger partial charge in [-0.3, -0.25) is 0 Å². The third kappa shape index (κ3) is 3.15. The molecule has 112 valence electrons. The van der Waals surface area contributed by atoms with Crippen LogP contribution in [0.25, 0.3) is 0 Å². The van der Waals surface area contributed by atoms with Crippen molar-refractivity contribution < 1.29 is 9.47 Å². The minimum Gasteiger partial charge on any atom is -0.497 e. The van der Waals surface area contributed by atoms with Crippen LogP contribution in [-0.2, 0) is 4.74 Å². The fourth-order valence-electron chi connectivity index (χ4n) is 3.48. The SMILES string of the molecule is CCOC1(C(NC)c2ccc(OC)cc2)CCCCC1. The van der Waals surface area contributed by atoms with Gasteiger partial charge in [-0.15, -0.1) is 0 Å². The summed E-state index contributed by atoms with van der Waals surface area (Å²) in [7, 11) is 3.73. The molecule has 0 saturated heterocycles. The van der Waals surface area contributed by atoms with Crippen molar-refractivity contribution >= 4 is 0 Å². The zero-order valence-electron chi connectivity index (χ0n) is 12.9. The summed E-state index contributed by atoms with van der Waals surface area (Å²) in [5.41, 5.74) is 1.22. The first-order valence-corrected chi connectivity index (χ1v) is 7.71. The first kappa shape index (κ1) is 15.3. The first-order valence-electron chi connectivity index (χ1n) is 7.71. The average molecular weight is 277 g/mol. The predicted octanol–water partition coefficient (Wildman–Crippen LogP) is 3.70. The molecule has 0 aliphatic heterocycles. The number of ether oxygens (including phenoxy) is 2. The summed E-state index contributed by atoms with van der Waals surface area (Å²) in [6.07, 6.45) is 6.12. The molecule has 0 amide bonds. The van der Waals surface area contributed by atoms with Crippen molar-refractivity contribution in [3.8, 4) is 5.75 Å². The van der Waals surface area contributed by atoms with Crippen molar-refractivity contribution in [2.24, 2.45) is 0 Å².